The van der Waals surface area contributed by atoms with Crippen molar-refractivity contribution in [3.05, 3.63) is 35.4 Å². The van der Waals surface area contributed by atoms with Crippen LogP contribution in [0.25, 0.3) is 0 Å². The fraction of sp³-hybridized carbons (Fsp3) is 0.312. The Morgan fingerprint density at radius 3 is 2.63 bits per heavy atom. The van der Waals surface area contributed by atoms with Crippen LogP contribution in [0.4, 0.5) is 17.3 Å². The number of nitrogens with one attached hydrogen (secondary N) is 2. The fourth-order valence-electron chi connectivity index (χ4n) is 2.75. The summed E-state index contributed by atoms with van der Waals surface area (Å²) >= 11 is 0. The molecule has 1 aliphatic rings. The minimum absolute atomic E-state index is 0.00820. The SMILES string of the molecule is CCCS(=N)(=O)c1nc(N)c2c(n1)N(Cc1ccc(C(=O)O)cc1)C(O)N2. The topological polar surface area (TPSA) is 166 Å². The molecule has 3 rings (SSSR count). The molecule has 6 N–H and O–H groups in total. The highest BCUT2D eigenvalue weighted by molar-refractivity contribution is 7.92. The molecule has 2 heterocycles. The van der Waals surface area contributed by atoms with E-state index < -0.39 is 22.1 Å². The van der Waals surface area contributed by atoms with E-state index in [0.29, 0.717) is 12.1 Å². The number of rotatable bonds is 6. The summed E-state index contributed by atoms with van der Waals surface area (Å²) < 4.78 is 20.5. The van der Waals surface area contributed by atoms with Gasteiger partial charge >= 0.3 is 5.97 Å². The summed E-state index contributed by atoms with van der Waals surface area (Å²) in [5.41, 5.74) is 7.10. The molecule has 1 aromatic carbocycles. The molecule has 0 saturated heterocycles. The van der Waals surface area contributed by atoms with Gasteiger partial charge in [0.1, 0.15) is 15.4 Å². The molecule has 1 aliphatic heterocycles. The number of aromatic nitrogens is 2. The number of fused-ring (bicyclic) bond motifs is 1. The van der Waals surface area contributed by atoms with Crippen LogP contribution in [0.5, 0.6) is 0 Å². The van der Waals surface area contributed by atoms with Gasteiger partial charge in [0.15, 0.2) is 11.6 Å². The molecule has 0 spiro atoms. The molecule has 2 aromatic rings. The minimum atomic E-state index is -3.19. The van der Waals surface area contributed by atoms with Crippen molar-refractivity contribution in [2.75, 3.05) is 21.7 Å². The molecule has 2 atom stereocenters. The van der Waals surface area contributed by atoms with Gasteiger partial charge in [0.25, 0.3) is 0 Å². The average Bonchev–Trinajstić information content (AvgIpc) is 2.92. The predicted molar refractivity (Wildman–Crippen MR) is 99.9 cm³/mol. The van der Waals surface area contributed by atoms with Crippen molar-refractivity contribution >= 4 is 33.0 Å². The maximum Gasteiger partial charge on any atom is 0.335 e. The number of carbonyl (C=O) groups is 1. The Morgan fingerprint density at radius 1 is 1.37 bits per heavy atom. The lowest BCUT2D eigenvalue weighted by Crippen LogP contribution is -2.35. The van der Waals surface area contributed by atoms with Gasteiger partial charge < -0.3 is 26.2 Å². The second-order valence-electron chi connectivity index (χ2n) is 6.12. The summed E-state index contributed by atoms with van der Waals surface area (Å²) in [7, 11) is -3.19. The molecule has 11 heteroatoms. The third-order valence-corrected chi connectivity index (χ3v) is 5.83. The molecular formula is C16H20N6O4S. The lowest BCUT2D eigenvalue weighted by Gasteiger charge is -2.22. The Hall–Kier alpha value is -2.92. The van der Waals surface area contributed by atoms with Crippen LogP contribution in [0.2, 0.25) is 0 Å². The first-order chi connectivity index (χ1) is 12.7. The highest BCUT2D eigenvalue weighted by atomic mass is 32.2. The van der Waals surface area contributed by atoms with Crippen molar-refractivity contribution in [3.63, 3.8) is 0 Å². The normalized spacial score (nSPS) is 17.9. The molecule has 2 unspecified atom stereocenters. The third-order valence-electron chi connectivity index (χ3n) is 4.08. The Balaban J connectivity index is 1.96. The molecule has 0 radical (unpaired) electrons. The number of nitrogen functional groups attached to an aromatic ring is 1. The molecule has 144 valence electrons. The van der Waals surface area contributed by atoms with Gasteiger partial charge in [0.2, 0.25) is 11.5 Å². The summed E-state index contributed by atoms with van der Waals surface area (Å²) in [6, 6.07) is 6.19. The second-order valence-corrected chi connectivity index (χ2v) is 8.24. The Labute approximate surface area is 156 Å². The van der Waals surface area contributed by atoms with E-state index >= 15 is 0 Å². The quantitative estimate of drug-likeness (QED) is 0.455. The standard InChI is InChI=1S/C16H20N6O4S/c1-2-7-27(18,26)15-20-12(17)11-13(21-15)22(16(25)19-11)8-9-3-5-10(6-4-9)14(23)24/h3-6,16,18-19,25H,2,7-8H2,1H3,(H,23,24)(H2,17,20,21). The maximum absolute atomic E-state index is 12.5. The lowest BCUT2D eigenvalue weighted by molar-refractivity contribution is 0.0697. The number of nitrogens with two attached hydrogens (primary N) is 1. The zero-order valence-electron chi connectivity index (χ0n) is 14.5. The summed E-state index contributed by atoms with van der Waals surface area (Å²) in [6.45, 7) is 2.01. The first-order valence-corrected chi connectivity index (χ1v) is 9.93. The summed E-state index contributed by atoms with van der Waals surface area (Å²) in [5, 5.41) is 21.9. The average molecular weight is 392 g/mol. The van der Waals surface area contributed by atoms with Crippen molar-refractivity contribution in [2.45, 2.75) is 31.4 Å². The number of carboxylic acid groups (broad SMARTS) is 1. The summed E-state index contributed by atoms with van der Waals surface area (Å²) in [5.74, 6) is -0.656. The number of hydrogen-bond donors (Lipinski definition) is 5. The Morgan fingerprint density at radius 2 is 2.04 bits per heavy atom. The highest BCUT2D eigenvalue weighted by Crippen LogP contribution is 2.37. The monoisotopic (exact) mass is 392 g/mol. The number of carboxylic acids is 1. The van der Waals surface area contributed by atoms with E-state index in [-0.39, 0.29) is 34.7 Å². The highest BCUT2D eigenvalue weighted by Gasteiger charge is 2.33. The summed E-state index contributed by atoms with van der Waals surface area (Å²) in [4.78, 5) is 20.7. The number of aromatic carboxylic acids is 1. The van der Waals surface area contributed by atoms with Crippen LogP contribution in [0.15, 0.2) is 29.4 Å². The van der Waals surface area contributed by atoms with Gasteiger partial charge in [-0.1, -0.05) is 19.1 Å². The number of benzene rings is 1. The molecule has 0 fully saturated rings. The molecule has 0 bridgehead atoms. The van der Waals surface area contributed by atoms with Gasteiger partial charge in [0, 0.05) is 12.3 Å². The van der Waals surface area contributed by atoms with Gasteiger partial charge in [-0.3, -0.25) is 0 Å². The van der Waals surface area contributed by atoms with Crippen LogP contribution in [0, 0.1) is 4.78 Å². The zero-order chi connectivity index (χ0) is 19.8. The van der Waals surface area contributed by atoms with Crippen LogP contribution in [0.3, 0.4) is 0 Å². The van der Waals surface area contributed by atoms with E-state index in [4.69, 9.17) is 15.6 Å². The smallest absolute Gasteiger partial charge is 0.335 e. The maximum atomic E-state index is 12.5. The van der Waals surface area contributed by atoms with Crippen LogP contribution in [0.1, 0.15) is 29.3 Å². The van der Waals surface area contributed by atoms with E-state index in [0.717, 1.165) is 5.56 Å². The van der Waals surface area contributed by atoms with Crippen molar-refractivity contribution in [2.24, 2.45) is 0 Å². The molecule has 0 amide bonds. The molecule has 0 saturated carbocycles. The Bertz CT molecular complexity index is 977. The molecule has 10 nitrogen and oxygen atoms in total. The van der Waals surface area contributed by atoms with Gasteiger partial charge in [0.05, 0.1) is 5.56 Å². The number of aliphatic hydroxyl groups excluding tert-OH is 1. The van der Waals surface area contributed by atoms with Crippen molar-refractivity contribution in [1.82, 2.24) is 9.97 Å². The van der Waals surface area contributed by atoms with Crippen molar-refractivity contribution in [1.29, 1.82) is 4.78 Å². The van der Waals surface area contributed by atoms with Gasteiger partial charge in [-0.05, 0) is 24.1 Å². The van der Waals surface area contributed by atoms with Gasteiger partial charge in [-0.2, -0.15) is 4.98 Å². The van der Waals surface area contributed by atoms with Crippen LogP contribution in [-0.4, -0.2) is 42.5 Å². The van der Waals surface area contributed by atoms with Crippen LogP contribution < -0.4 is 16.0 Å². The van der Waals surface area contributed by atoms with E-state index in [1.807, 2.05) is 6.92 Å². The van der Waals surface area contributed by atoms with E-state index in [1.54, 1.807) is 12.1 Å². The number of aliphatic hydroxyl groups is 1. The van der Waals surface area contributed by atoms with Crippen molar-refractivity contribution in [3.8, 4) is 0 Å². The first kappa shape index (κ1) is 18.9. The fourth-order valence-corrected chi connectivity index (χ4v) is 3.99. The number of hydrogen-bond acceptors (Lipinski definition) is 9. The van der Waals surface area contributed by atoms with E-state index in [1.165, 1.54) is 17.0 Å². The molecule has 27 heavy (non-hydrogen) atoms. The molecule has 1 aromatic heterocycles. The second kappa shape index (κ2) is 7.00. The van der Waals surface area contributed by atoms with Crippen LogP contribution in [-0.2, 0) is 16.3 Å². The first-order valence-electron chi connectivity index (χ1n) is 8.20. The zero-order valence-corrected chi connectivity index (χ0v) is 15.4. The van der Waals surface area contributed by atoms with E-state index in [9.17, 15) is 14.1 Å². The van der Waals surface area contributed by atoms with E-state index in [2.05, 4.69) is 15.3 Å². The Kier molecular flexibility index (Phi) is 4.89. The number of anilines is 3. The third kappa shape index (κ3) is 3.64. The molecular weight excluding hydrogens is 372 g/mol. The van der Waals surface area contributed by atoms with Crippen LogP contribution >= 0.6 is 0 Å². The van der Waals surface area contributed by atoms with Crippen molar-refractivity contribution < 1.29 is 19.2 Å². The molecule has 0 aliphatic carbocycles. The predicted octanol–water partition coefficient (Wildman–Crippen LogP) is 1.28. The number of nitrogens with zero attached hydrogens (tertiary/aromatic N) is 3. The minimum Gasteiger partial charge on any atom is -0.478 e. The lowest BCUT2D eigenvalue weighted by atomic mass is 10.1. The van der Waals surface area contributed by atoms with Gasteiger partial charge in [-0.25, -0.2) is 18.8 Å². The largest absolute Gasteiger partial charge is 0.478 e. The summed E-state index contributed by atoms with van der Waals surface area (Å²) in [6.07, 6.45) is -0.609. The van der Waals surface area contributed by atoms with Gasteiger partial charge in [-0.15, -0.1) is 0 Å².